The fourth-order valence-corrected chi connectivity index (χ4v) is 4.72. The summed E-state index contributed by atoms with van der Waals surface area (Å²) in [5.41, 5.74) is 1.77. The molecular formula is C26H29NO6S. The first kappa shape index (κ1) is 25.3. The van der Waals surface area contributed by atoms with Gasteiger partial charge in [-0.3, -0.25) is 0 Å². The van der Waals surface area contributed by atoms with Gasteiger partial charge in [0.2, 0.25) is 10.0 Å². The van der Waals surface area contributed by atoms with E-state index in [1.165, 1.54) is 30.6 Å². The minimum atomic E-state index is -3.94. The van der Waals surface area contributed by atoms with Crippen LogP contribution in [-0.4, -0.2) is 39.4 Å². The van der Waals surface area contributed by atoms with Crippen molar-refractivity contribution in [2.45, 2.75) is 31.5 Å². The average molecular weight is 484 g/mol. The van der Waals surface area contributed by atoms with Gasteiger partial charge in [0.25, 0.3) is 0 Å². The molecule has 34 heavy (non-hydrogen) atoms. The van der Waals surface area contributed by atoms with Crippen molar-refractivity contribution in [3.63, 3.8) is 0 Å². The Labute approximate surface area is 200 Å². The topological polar surface area (TPSA) is 82.1 Å². The second-order valence-electron chi connectivity index (χ2n) is 7.66. The smallest absolute Gasteiger partial charge is 0.341 e. The fourth-order valence-electron chi connectivity index (χ4n) is 3.32. The number of benzene rings is 3. The summed E-state index contributed by atoms with van der Waals surface area (Å²) in [5, 5.41) is 0. The zero-order valence-corrected chi connectivity index (χ0v) is 20.4. The molecule has 7 nitrogen and oxygen atoms in total. The van der Waals surface area contributed by atoms with Crippen LogP contribution in [0.25, 0.3) is 0 Å². The number of sulfonamides is 1. The Morgan fingerprint density at radius 3 is 1.88 bits per heavy atom. The van der Waals surface area contributed by atoms with Crippen molar-refractivity contribution in [3.8, 4) is 11.5 Å². The van der Waals surface area contributed by atoms with Crippen LogP contribution in [0.1, 0.15) is 34.8 Å². The maximum absolute atomic E-state index is 13.4. The largest absolute Gasteiger partial charge is 0.488 e. The van der Waals surface area contributed by atoms with Crippen molar-refractivity contribution < 1.29 is 27.4 Å². The minimum absolute atomic E-state index is 0.00830. The summed E-state index contributed by atoms with van der Waals surface area (Å²) in [4.78, 5) is 12.4. The van der Waals surface area contributed by atoms with E-state index < -0.39 is 16.0 Å². The maximum atomic E-state index is 13.4. The van der Waals surface area contributed by atoms with Gasteiger partial charge in [0.15, 0.2) is 0 Å². The lowest BCUT2D eigenvalue weighted by molar-refractivity contribution is 0.0595. The van der Waals surface area contributed by atoms with Crippen LogP contribution in [0.15, 0.2) is 77.7 Å². The quantitative estimate of drug-likeness (QED) is 0.369. The number of esters is 1. The molecular weight excluding hydrogens is 454 g/mol. The molecule has 0 bridgehead atoms. The molecule has 0 heterocycles. The highest BCUT2D eigenvalue weighted by atomic mass is 32.2. The van der Waals surface area contributed by atoms with Crippen LogP contribution in [0.3, 0.4) is 0 Å². The van der Waals surface area contributed by atoms with Crippen molar-refractivity contribution in [3.05, 3.63) is 89.5 Å². The van der Waals surface area contributed by atoms with Crippen LogP contribution in [0.5, 0.6) is 11.5 Å². The van der Waals surface area contributed by atoms with Crippen LogP contribution < -0.4 is 9.47 Å². The summed E-state index contributed by atoms with van der Waals surface area (Å²) in [6.07, 6.45) is 0.637. The molecule has 0 saturated carbocycles. The van der Waals surface area contributed by atoms with Crippen LogP contribution in [0.4, 0.5) is 0 Å². The third kappa shape index (κ3) is 6.15. The number of rotatable bonds is 11. The Morgan fingerprint density at radius 1 is 0.853 bits per heavy atom. The molecule has 0 aliphatic carbocycles. The lowest BCUT2D eigenvalue weighted by atomic mass is 10.2. The zero-order valence-electron chi connectivity index (χ0n) is 19.6. The van der Waals surface area contributed by atoms with Gasteiger partial charge in [-0.2, -0.15) is 0 Å². The van der Waals surface area contributed by atoms with E-state index in [1.807, 2.05) is 67.6 Å². The van der Waals surface area contributed by atoms with Gasteiger partial charge in [-0.25, -0.2) is 17.5 Å². The first-order valence-electron chi connectivity index (χ1n) is 10.9. The minimum Gasteiger partial charge on any atom is -0.488 e. The van der Waals surface area contributed by atoms with Gasteiger partial charge in [0.1, 0.15) is 35.2 Å². The van der Waals surface area contributed by atoms with E-state index in [-0.39, 0.29) is 35.2 Å². The number of hydrogen-bond acceptors (Lipinski definition) is 6. The first-order chi connectivity index (χ1) is 16.4. The highest BCUT2D eigenvalue weighted by molar-refractivity contribution is 7.89. The molecule has 0 amide bonds. The average Bonchev–Trinajstić information content (AvgIpc) is 2.86. The summed E-state index contributed by atoms with van der Waals surface area (Å²) in [7, 11) is -1.21. The summed E-state index contributed by atoms with van der Waals surface area (Å²) < 4.78 is 44.8. The lowest BCUT2D eigenvalue weighted by Gasteiger charge is -2.21. The van der Waals surface area contributed by atoms with E-state index in [1.54, 1.807) is 0 Å². The van der Waals surface area contributed by atoms with Crippen LogP contribution >= 0.6 is 0 Å². The molecule has 3 aromatic rings. The second kappa shape index (κ2) is 11.7. The van der Waals surface area contributed by atoms with Gasteiger partial charge < -0.3 is 14.2 Å². The first-order valence-corrected chi connectivity index (χ1v) is 12.4. The lowest BCUT2D eigenvalue weighted by Crippen LogP contribution is -2.28. The third-order valence-corrected chi connectivity index (χ3v) is 7.03. The van der Waals surface area contributed by atoms with Gasteiger partial charge in [-0.15, -0.1) is 0 Å². The normalized spacial score (nSPS) is 11.3. The van der Waals surface area contributed by atoms with E-state index >= 15 is 0 Å². The molecule has 0 spiro atoms. The third-order valence-electron chi connectivity index (χ3n) is 5.15. The second-order valence-corrected chi connectivity index (χ2v) is 9.68. The number of nitrogens with zero attached hydrogens (tertiary/aromatic N) is 1. The molecule has 0 saturated heterocycles. The van der Waals surface area contributed by atoms with Crippen molar-refractivity contribution in [1.29, 1.82) is 0 Å². The van der Waals surface area contributed by atoms with E-state index in [9.17, 15) is 13.2 Å². The maximum Gasteiger partial charge on any atom is 0.341 e. The molecule has 0 atom stereocenters. The molecule has 0 aromatic heterocycles. The van der Waals surface area contributed by atoms with Crippen LogP contribution in [0, 0.1) is 0 Å². The predicted molar refractivity (Wildman–Crippen MR) is 129 cm³/mol. The number of carbonyl (C=O) groups is 1. The summed E-state index contributed by atoms with van der Waals surface area (Å²) in [6.45, 7) is 2.54. The van der Waals surface area contributed by atoms with E-state index in [4.69, 9.17) is 14.2 Å². The molecule has 0 aliphatic rings. The highest BCUT2D eigenvalue weighted by Gasteiger charge is 2.29. The van der Waals surface area contributed by atoms with Gasteiger partial charge in [-0.05, 0) is 23.6 Å². The highest BCUT2D eigenvalue weighted by Crippen LogP contribution is 2.35. The van der Waals surface area contributed by atoms with E-state index in [2.05, 4.69) is 0 Å². The Kier molecular flexibility index (Phi) is 8.67. The van der Waals surface area contributed by atoms with Gasteiger partial charge >= 0.3 is 5.97 Å². The van der Waals surface area contributed by atoms with Gasteiger partial charge in [-0.1, -0.05) is 67.6 Å². The number of ether oxygens (including phenoxy) is 3. The van der Waals surface area contributed by atoms with E-state index in [0.717, 1.165) is 11.1 Å². The summed E-state index contributed by atoms with van der Waals surface area (Å²) in [5.74, 6) is -0.425. The molecule has 180 valence electrons. The fraction of sp³-hybridized carbons (Fsp3) is 0.269. The molecule has 8 heteroatoms. The molecule has 3 aromatic carbocycles. The number of hydrogen-bond donors (Lipinski definition) is 0. The Hall–Kier alpha value is -3.36. The molecule has 3 rings (SSSR count). The van der Waals surface area contributed by atoms with Crippen LogP contribution in [-0.2, 0) is 28.0 Å². The van der Waals surface area contributed by atoms with Crippen molar-refractivity contribution in [2.75, 3.05) is 20.7 Å². The van der Waals surface area contributed by atoms with Crippen molar-refractivity contribution >= 4 is 16.0 Å². The van der Waals surface area contributed by atoms with Crippen molar-refractivity contribution in [2.24, 2.45) is 0 Å². The Balaban J connectivity index is 2.06. The summed E-state index contributed by atoms with van der Waals surface area (Å²) >= 11 is 0. The monoisotopic (exact) mass is 483 g/mol. The molecule has 0 aliphatic heterocycles. The standard InChI is InChI=1S/C26H29NO6S/c1-4-15-27(2)34(29,30)25-16-22(26(28)31-3)23(32-18-20-11-7-5-8-12-20)17-24(25)33-19-21-13-9-6-10-14-21/h5-14,16-17H,4,15,18-19H2,1-3H3. The van der Waals surface area contributed by atoms with Crippen molar-refractivity contribution in [1.82, 2.24) is 4.31 Å². The van der Waals surface area contributed by atoms with Crippen LogP contribution in [0.2, 0.25) is 0 Å². The SMILES string of the molecule is CCCN(C)S(=O)(=O)c1cc(C(=O)OC)c(OCc2ccccc2)cc1OCc1ccccc1. The predicted octanol–water partition coefficient (Wildman–Crippen LogP) is 4.66. The van der Waals surface area contributed by atoms with Gasteiger partial charge in [0, 0.05) is 19.7 Å². The number of methoxy groups -OCH3 is 1. The Morgan fingerprint density at radius 2 is 1.38 bits per heavy atom. The molecule has 0 fully saturated rings. The zero-order chi connectivity index (χ0) is 24.6. The molecule has 0 N–H and O–H groups in total. The Bertz CT molecular complexity index is 1200. The number of carbonyl (C=O) groups excluding carboxylic acids is 1. The van der Waals surface area contributed by atoms with Gasteiger partial charge in [0.05, 0.1) is 7.11 Å². The van der Waals surface area contributed by atoms with E-state index in [0.29, 0.717) is 13.0 Å². The summed E-state index contributed by atoms with van der Waals surface area (Å²) in [6, 6.07) is 21.6. The molecule has 0 radical (unpaired) electrons. The molecule has 0 unspecified atom stereocenters.